The summed E-state index contributed by atoms with van der Waals surface area (Å²) in [7, 11) is -4.28. The average Bonchev–Trinajstić information content (AvgIpc) is 3.75. The maximum absolute atomic E-state index is 11.7. The van der Waals surface area contributed by atoms with E-state index < -0.39 is 16.1 Å². The highest BCUT2D eigenvalue weighted by molar-refractivity contribution is 7.85. The third-order valence-corrected chi connectivity index (χ3v) is 14.0. The van der Waals surface area contributed by atoms with Crippen molar-refractivity contribution in [3.8, 4) is 22.3 Å². The molecule has 2 N–H and O–H groups in total. The van der Waals surface area contributed by atoms with E-state index in [1.165, 1.54) is 28.6 Å². The zero-order valence-electron chi connectivity index (χ0n) is 35.2. The number of hydrogen-bond donors (Lipinski definition) is 2. The number of carboxylic acid groups (broad SMARTS) is 1. The molecule has 1 aromatic heterocycles. The van der Waals surface area contributed by atoms with Crippen molar-refractivity contribution in [2.45, 2.75) is 43.4 Å². The van der Waals surface area contributed by atoms with Crippen molar-refractivity contribution in [2.75, 3.05) is 22.9 Å². The molecule has 0 spiro atoms. The summed E-state index contributed by atoms with van der Waals surface area (Å²) in [4.78, 5) is 16.2. The average molecular weight is 848 g/mol. The first kappa shape index (κ1) is 38.8. The summed E-state index contributed by atoms with van der Waals surface area (Å²) in [6, 6.07) is 49.8. The minimum atomic E-state index is -4.28. The first-order valence-corrected chi connectivity index (χ1v) is 22.5. The van der Waals surface area contributed by atoms with E-state index in [1.54, 1.807) is 24.3 Å². The van der Waals surface area contributed by atoms with Crippen LogP contribution in [0, 0.1) is 0 Å². The minimum Gasteiger partial charge on any atom is -0.478 e. The molecule has 11 rings (SSSR count). The van der Waals surface area contributed by atoms with Crippen molar-refractivity contribution >= 4 is 82.3 Å². The van der Waals surface area contributed by atoms with Gasteiger partial charge < -0.3 is 14.9 Å². The van der Waals surface area contributed by atoms with Gasteiger partial charge in [0.25, 0.3) is 10.1 Å². The van der Waals surface area contributed by atoms with Gasteiger partial charge >= 0.3 is 17.1 Å². The van der Waals surface area contributed by atoms with Crippen LogP contribution in [0.3, 0.4) is 0 Å². The maximum atomic E-state index is 11.7. The minimum absolute atomic E-state index is 0.134. The summed E-state index contributed by atoms with van der Waals surface area (Å²) in [6.07, 6.45) is 0. The van der Waals surface area contributed by atoms with Crippen molar-refractivity contribution in [3.63, 3.8) is 0 Å². The number of carbonyl (C=O) groups is 1. The van der Waals surface area contributed by atoms with Crippen LogP contribution in [-0.2, 0) is 20.9 Å². The molecule has 2 aliphatic rings. The molecule has 0 saturated carbocycles. The summed E-state index contributed by atoms with van der Waals surface area (Å²) in [5, 5.41) is 16.2. The molecule has 0 bridgehead atoms. The molecule has 9 aromatic rings. The molecule has 0 radical (unpaired) electrons. The van der Waals surface area contributed by atoms with Gasteiger partial charge in [-0.15, -0.1) is 0 Å². The number of rotatable bonds is 6. The Hall–Kier alpha value is -7.07. The van der Waals surface area contributed by atoms with Crippen LogP contribution < -0.4 is 9.80 Å². The van der Waals surface area contributed by atoms with Crippen LogP contribution in [0.5, 0.6) is 0 Å². The molecule has 310 valence electrons. The van der Waals surface area contributed by atoms with Crippen molar-refractivity contribution < 1.29 is 27.3 Å². The molecular formula is C54H43N2O6S+. The Morgan fingerprint density at radius 1 is 0.524 bits per heavy atom. The highest BCUT2D eigenvalue weighted by Gasteiger charge is 2.47. The highest BCUT2D eigenvalue weighted by atomic mass is 32.2. The normalized spacial score (nSPS) is 15.4. The van der Waals surface area contributed by atoms with Gasteiger partial charge in [-0.1, -0.05) is 125 Å². The molecule has 8 aromatic carbocycles. The highest BCUT2D eigenvalue weighted by Crippen LogP contribution is 2.56. The molecule has 0 fully saturated rings. The molecule has 0 unspecified atom stereocenters. The lowest BCUT2D eigenvalue weighted by Crippen LogP contribution is -2.25. The van der Waals surface area contributed by atoms with E-state index in [1.807, 2.05) is 12.1 Å². The van der Waals surface area contributed by atoms with Gasteiger partial charge in [-0.3, -0.25) is 4.55 Å². The largest absolute Gasteiger partial charge is 0.478 e. The van der Waals surface area contributed by atoms with Crippen LogP contribution in [-0.4, -0.2) is 37.1 Å². The number of carboxylic acids is 1. The number of anilines is 4. The first-order chi connectivity index (χ1) is 30.2. The van der Waals surface area contributed by atoms with Gasteiger partial charge in [0.1, 0.15) is 0 Å². The predicted molar refractivity (Wildman–Crippen MR) is 254 cm³/mol. The Morgan fingerprint density at radius 3 is 1.27 bits per heavy atom. The Kier molecular flexibility index (Phi) is 8.45. The maximum Gasteiger partial charge on any atom is 0.367 e. The topological polar surface area (TPSA) is 109 Å². The molecule has 0 aliphatic carbocycles. The molecule has 0 atom stereocenters. The monoisotopic (exact) mass is 847 g/mol. The fourth-order valence-corrected chi connectivity index (χ4v) is 10.7. The Labute approximate surface area is 365 Å². The Morgan fingerprint density at radius 2 is 0.889 bits per heavy atom. The second kappa shape index (κ2) is 13.7. The van der Waals surface area contributed by atoms with E-state index in [0.717, 1.165) is 96.2 Å². The van der Waals surface area contributed by atoms with Gasteiger partial charge in [0, 0.05) is 56.8 Å². The van der Waals surface area contributed by atoms with Crippen LogP contribution in [0.15, 0.2) is 161 Å². The Bertz CT molecular complexity index is 3490. The van der Waals surface area contributed by atoms with Crippen molar-refractivity contribution in [3.05, 3.63) is 168 Å². The lowest BCUT2D eigenvalue weighted by molar-refractivity contribution is 0.0697. The molecule has 2 aliphatic heterocycles. The number of hydrogen-bond acceptors (Lipinski definition) is 5. The van der Waals surface area contributed by atoms with Crippen molar-refractivity contribution in [1.29, 1.82) is 0 Å². The van der Waals surface area contributed by atoms with Crippen LogP contribution in [0.1, 0.15) is 49.2 Å². The molecular weight excluding hydrogens is 805 g/mol. The summed E-state index contributed by atoms with van der Waals surface area (Å²) in [5.41, 5.74) is 12.0. The first-order valence-electron chi connectivity index (χ1n) is 21.1. The molecule has 0 saturated heterocycles. The zero-order chi connectivity index (χ0) is 43.6. The number of nitrogens with zero attached hydrogens (tertiary/aromatic N) is 2. The quantitative estimate of drug-likeness (QED) is 0.0737. The van der Waals surface area contributed by atoms with E-state index in [0.29, 0.717) is 0 Å². The standard InChI is InChI=1S/C54H42N2O6S/c1-53(2)30-55(37-23-17-33(18-24-37)32-13-15-36(16-14-32)52(57)58)48-42-11-7-5-9-40(42)44-29-45-41-10-6-8-12-43(41)49-47(51(45)62-50(44)46(48)53)54(3,4)31-56(49)38-25-19-34(20-26-38)35-21-27-39(28-22-35)63(59,60)61/h5-29H,30-31H2,1-4H3,(H-,57,58,59,60,61)/p+1. The Balaban J connectivity index is 1.08. The second-order valence-electron chi connectivity index (χ2n) is 18.2. The van der Waals surface area contributed by atoms with Crippen molar-refractivity contribution in [2.24, 2.45) is 0 Å². The van der Waals surface area contributed by atoms with E-state index >= 15 is 0 Å². The van der Waals surface area contributed by atoms with E-state index in [9.17, 15) is 22.9 Å². The fourth-order valence-electron chi connectivity index (χ4n) is 10.2. The molecule has 3 heterocycles. The van der Waals surface area contributed by atoms with Gasteiger partial charge in [-0.25, -0.2) is 9.21 Å². The summed E-state index contributed by atoms with van der Waals surface area (Å²) in [5.74, 6) is -0.939. The summed E-state index contributed by atoms with van der Waals surface area (Å²) >= 11 is 0. The van der Waals surface area contributed by atoms with Gasteiger partial charge in [0.2, 0.25) is 0 Å². The molecule has 8 nitrogen and oxygen atoms in total. The lowest BCUT2D eigenvalue weighted by atomic mass is 9.82. The zero-order valence-corrected chi connectivity index (χ0v) is 36.0. The third kappa shape index (κ3) is 6.09. The number of aromatic carboxylic acids is 1. The fraction of sp³-hybridized carbons (Fsp3) is 0.148. The third-order valence-electron chi connectivity index (χ3n) is 13.2. The summed E-state index contributed by atoms with van der Waals surface area (Å²) in [6.45, 7) is 10.7. The molecule has 0 amide bonds. The number of fused-ring (bicyclic) bond motifs is 12. The lowest BCUT2D eigenvalue weighted by Gasteiger charge is -2.23. The SMILES string of the molecule is CC1(C)CN(c2ccc(-c3ccc(C(=O)O)cc3)cc2)c2c1c1[o+]c3c4c(c5ccccc5c3cc1c1ccccc21)N(c1ccc(-c2ccc(S(=O)(=O)O)cc2)cc1)CC4(C)C. The van der Waals surface area contributed by atoms with Gasteiger partial charge in [0.05, 0.1) is 43.7 Å². The van der Waals surface area contributed by atoms with Crippen LogP contribution in [0.25, 0.3) is 65.7 Å². The molecule has 9 heteroatoms. The smallest absolute Gasteiger partial charge is 0.367 e. The van der Waals surface area contributed by atoms with Gasteiger partial charge in [0.15, 0.2) is 0 Å². The van der Waals surface area contributed by atoms with Crippen LogP contribution in [0.2, 0.25) is 0 Å². The van der Waals surface area contributed by atoms with E-state index in [4.69, 9.17) is 4.42 Å². The van der Waals surface area contributed by atoms with Crippen LogP contribution in [0.4, 0.5) is 22.7 Å². The van der Waals surface area contributed by atoms with E-state index in [2.05, 4.69) is 141 Å². The second-order valence-corrected chi connectivity index (χ2v) is 19.6. The molecule has 63 heavy (non-hydrogen) atoms. The predicted octanol–water partition coefficient (Wildman–Crippen LogP) is 13.3. The van der Waals surface area contributed by atoms with E-state index in [-0.39, 0.29) is 21.3 Å². The van der Waals surface area contributed by atoms with Crippen molar-refractivity contribution in [1.82, 2.24) is 0 Å². The van der Waals surface area contributed by atoms with Crippen LogP contribution >= 0.6 is 0 Å². The number of benzene rings is 8. The summed E-state index contributed by atoms with van der Waals surface area (Å²) < 4.78 is 40.3. The van der Waals surface area contributed by atoms with Gasteiger partial charge in [-0.05, 0) is 76.9 Å². The van der Waals surface area contributed by atoms with Gasteiger partial charge in [-0.2, -0.15) is 8.42 Å².